The molecule has 146 valence electrons. The highest BCUT2D eigenvalue weighted by Crippen LogP contribution is 2.35. The van der Waals surface area contributed by atoms with Gasteiger partial charge in [-0.2, -0.15) is 0 Å². The lowest BCUT2D eigenvalue weighted by atomic mass is 10.1. The van der Waals surface area contributed by atoms with Crippen LogP contribution < -0.4 is 10.6 Å². The first-order chi connectivity index (χ1) is 15.2. The van der Waals surface area contributed by atoms with Gasteiger partial charge in [0, 0.05) is 46.0 Å². The molecule has 0 aliphatic heterocycles. The lowest BCUT2D eigenvalue weighted by Gasteiger charge is -2.10. The third kappa shape index (κ3) is 3.04. The molecule has 2 atom stereocenters. The van der Waals surface area contributed by atoms with Crippen molar-refractivity contribution >= 4 is 34.0 Å². The Kier molecular flexibility index (Phi) is 3.21. The van der Waals surface area contributed by atoms with Gasteiger partial charge in [0.15, 0.2) is 11.5 Å². The van der Waals surface area contributed by atoms with Crippen molar-refractivity contribution in [1.82, 2.24) is 24.6 Å². The molecule has 0 unspecified atom stereocenters. The average Bonchev–Trinajstić information content (AvgIpc) is 3.31. The zero-order valence-corrected chi connectivity index (χ0v) is 15.3. The summed E-state index contributed by atoms with van der Waals surface area (Å²) >= 11 is 0. The Morgan fingerprint density at radius 1 is 1.31 bits per heavy atom. The number of aryl methyl sites for hydroxylation is 1. The molecule has 8 nitrogen and oxygen atoms in total. The standard InChI is InChI=1S/C20H18FN7O/c1-10-3-4-17-26-19(27-28(17)9-10)14-8-24-18(22-2)13-7-23-16(6-11(13)14)25-20(29)12-5-15(12)21/h3-4,6-9,12,15H,5H2,1-2H3,(H,22,24)(H,23,25,29)/t12-,15+/m1/s1/i2D3. The number of hydrogen-bond donors (Lipinski definition) is 2. The van der Waals surface area contributed by atoms with Crippen molar-refractivity contribution in [1.29, 1.82) is 0 Å². The molecule has 0 radical (unpaired) electrons. The number of carbonyl (C=O) groups is 1. The Morgan fingerprint density at radius 2 is 2.17 bits per heavy atom. The smallest absolute Gasteiger partial charge is 0.231 e. The molecule has 0 spiro atoms. The molecule has 1 aliphatic carbocycles. The molecule has 1 aliphatic rings. The monoisotopic (exact) mass is 394 g/mol. The minimum absolute atomic E-state index is 0.111. The number of nitrogens with zero attached hydrogens (tertiary/aromatic N) is 5. The minimum Gasteiger partial charge on any atom is -0.373 e. The van der Waals surface area contributed by atoms with Crippen LogP contribution >= 0.6 is 0 Å². The van der Waals surface area contributed by atoms with Crippen molar-refractivity contribution in [3.8, 4) is 11.4 Å². The van der Waals surface area contributed by atoms with Crippen LogP contribution in [0.25, 0.3) is 27.8 Å². The van der Waals surface area contributed by atoms with Crippen molar-refractivity contribution in [2.75, 3.05) is 17.6 Å². The minimum atomic E-state index is -2.46. The Hall–Kier alpha value is -3.62. The van der Waals surface area contributed by atoms with Crippen LogP contribution in [0.3, 0.4) is 0 Å². The predicted molar refractivity (Wildman–Crippen MR) is 107 cm³/mol. The van der Waals surface area contributed by atoms with Crippen LogP contribution in [0.15, 0.2) is 36.8 Å². The topological polar surface area (TPSA) is 97.1 Å². The van der Waals surface area contributed by atoms with E-state index in [2.05, 4.69) is 30.7 Å². The van der Waals surface area contributed by atoms with Crippen molar-refractivity contribution in [3.05, 3.63) is 42.4 Å². The number of amides is 1. The van der Waals surface area contributed by atoms with Gasteiger partial charge < -0.3 is 10.6 Å². The van der Waals surface area contributed by atoms with Gasteiger partial charge >= 0.3 is 0 Å². The molecular weight excluding hydrogens is 373 g/mol. The zero-order chi connectivity index (χ0) is 22.6. The average molecular weight is 394 g/mol. The number of halogens is 1. The summed E-state index contributed by atoms with van der Waals surface area (Å²) in [6, 6.07) is 5.34. The molecule has 4 heterocycles. The van der Waals surface area contributed by atoms with Crippen molar-refractivity contribution in [2.24, 2.45) is 5.92 Å². The molecule has 29 heavy (non-hydrogen) atoms. The van der Waals surface area contributed by atoms with Gasteiger partial charge in [0.25, 0.3) is 0 Å². The number of nitrogens with one attached hydrogen (secondary N) is 2. The number of alkyl halides is 1. The molecule has 0 aromatic carbocycles. The molecule has 4 aromatic heterocycles. The number of anilines is 2. The van der Waals surface area contributed by atoms with E-state index in [1.165, 1.54) is 12.4 Å². The maximum atomic E-state index is 13.2. The van der Waals surface area contributed by atoms with Gasteiger partial charge in [0.05, 0.1) is 5.92 Å². The first-order valence-corrected chi connectivity index (χ1v) is 9.03. The third-order valence-corrected chi connectivity index (χ3v) is 4.91. The van der Waals surface area contributed by atoms with Crippen LogP contribution in [-0.4, -0.2) is 43.6 Å². The van der Waals surface area contributed by atoms with E-state index in [-0.39, 0.29) is 18.1 Å². The van der Waals surface area contributed by atoms with Gasteiger partial charge in [-0.3, -0.25) is 4.79 Å². The lowest BCUT2D eigenvalue weighted by Crippen LogP contribution is -2.15. The van der Waals surface area contributed by atoms with E-state index in [4.69, 9.17) is 4.11 Å². The number of fused-ring (bicyclic) bond motifs is 2. The summed E-state index contributed by atoms with van der Waals surface area (Å²) in [4.78, 5) is 25.2. The number of pyridine rings is 3. The van der Waals surface area contributed by atoms with E-state index >= 15 is 0 Å². The summed E-state index contributed by atoms with van der Waals surface area (Å²) in [7, 11) is 0. The van der Waals surface area contributed by atoms with Gasteiger partial charge in [0.1, 0.15) is 17.8 Å². The molecular formula is C20H18FN7O. The Bertz CT molecular complexity index is 1370. The van der Waals surface area contributed by atoms with Crippen LogP contribution in [0.4, 0.5) is 16.0 Å². The maximum absolute atomic E-state index is 13.2. The van der Waals surface area contributed by atoms with E-state index in [1.807, 2.05) is 25.3 Å². The summed E-state index contributed by atoms with van der Waals surface area (Å²) in [6.07, 6.45) is 3.79. The molecule has 2 N–H and O–H groups in total. The Labute approximate surface area is 169 Å². The Balaban J connectivity index is 1.63. The molecule has 9 heteroatoms. The predicted octanol–water partition coefficient (Wildman–Crippen LogP) is 2.99. The fourth-order valence-corrected chi connectivity index (χ4v) is 3.24. The van der Waals surface area contributed by atoms with E-state index in [9.17, 15) is 9.18 Å². The van der Waals surface area contributed by atoms with E-state index in [1.54, 1.807) is 10.6 Å². The number of hydrogen-bond acceptors (Lipinski definition) is 6. The SMILES string of the molecule is [2H]C([2H])([2H])Nc1ncc(-c2nc3ccc(C)cn3n2)c2cc(NC(=O)[C@@H]3C[C@@H]3F)ncc12. The van der Waals surface area contributed by atoms with Gasteiger partial charge in [-0.1, -0.05) is 6.07 Å². The fourth-order valence-electron chi connectivity index (χ4n) is 3.24. The molecule has 4 aromatic rings. The molecule has 1 amide bonds. The molecule has 1 saturated carbocycles. The molecule has 0 saturated heterocycles. The quantitative estimate of drug-likeness (QED) is 0.552. The summed E-state index contributed by atoms with van der Waals surface area (Å²) in [6.45, 7) is -0.523. The van der Waals surface area contributed by atoms with Crippen LogP contribution in [0.5, 0.6) is 0 Å². The van der Waals surface area contributed by atoms with Crippen LogP contribution in [-0.2, 0) is 4.79 Å². The Morgan fingerprint density at radius 3 is 2.97 bits per heavy atom. The summed E-state index contributed by atoms with van der Waals surface area (Å²) < 4.78 is 37.4. The normalized spacial score (nSPS) is 20.1. The highest BCUT2D eigenvalue weighted by atomic mass is 19.1. The van der Waals surface area contributed by atoms with Crippen LogP contribution in [0, 0.1) is 12.8 Å². The highest BCUT2D eigenvalue weighted by molar-refractivity contribution is 6.03. The largest absolute Gasteiger partial charge is 0.373 e. The van der Waals surface area contributed by atoms with Gasteiger partial charge in [-0.15, -0.1) is 5.10 Å². The number of rotatable bonds is 4. The highest BCUT2D eigenvalue weighted by Gasteiger charge is 2.43. The van der Waals surface area contributed by atoms with Crippen LogP contribution in [0.2, 0.25) is 0 Å². The summed E-state index contributed by atoms with van der Waals surface area (Å²) in [5.41, 5.74) is 2.17. The van der Waals surface area contributed by atoms with E-state index in [0.717, 1.165) is 5.56 Å². The molecule has 1 fully saturated rings. The third-order valence-electron chi connectivity index (χ3n) is 4.91. The molecule has 5 rings (SSSR count). The van der Waals surface area contributed by atoms with Crippen molar-refractivity contribution < 1.29 is 13.3 Å². The van der Waals surface area contributed by atoms with Gasteiger partial charge in [-0.05, 0) is 31.0 Å². The first kappa shape index (κ1) is 14.4. The first-order valence-electron chi connectivity index (χ1n) is 10.5. The second-order valence-corrected chi connectivity index (χ2v) is 7.05. The van der Waals surface area contributed by atoms with Crippen molar-refractivity contribution in [3.63, 3.8) is 0 Å². The van der Waals surface area contributed by atoms with Gasteiger partial charge in [0.2, 0.25) is 5.91 Å². The second kappa shape index (κ2) is 6.47. The maximum Gasteiger partial charge on any atom is 0.231 e. The van der Waals surface area contributed by atoms with E-state index < -0.39 is 25.0 Å². The summed E-state index contributed by atoms with van der Waals surface area (Å²) in [5.74, 6) is -0.404. The number of aromatic nitrogens is 5. The number of carbonyl (C=O) groups excluding carboxylic acids is 1. The fraction of sp³-hybridized carbons (Fsp3) is 0.250. The van der Waals surface area contributed by atoms with Crippen molar-refractivity contribution in [2.45, 2.75) is 19.5 Å². The molecule has 0 bridgehead atoms. The second-order valence-electron chi connectivity index (χ2n) is 7.05. The lowest BCUT2D eigenvalue weighted by molar-refractivity contribution is -0.117. The van der Waals surface area contributed by atoms with Crippen LogP contribution in [0.1, 0.15) is 16.1 Å². The zero-order valence-electron chi connectivity index (χ0n) is 18.3. The summed E-state index contributed by atoms with van der Waals surface area (Å²) in [5, 5.41) is 10.5. The van der Waals surface area contributed by atoms with E-state index in [0.29, 0.717) is 27.8 Å². The van der Waals surface area contributed by atoms with Gasteiger partial charge in [-0.25, -0.2) is 23.9 Å².